The van der Waals surface area contributed by atoms with Crippen molar-refractivity contribution in [3.8, 4) is 0 Å². The third-order valence-electron chi connectivity index (χ3n) is 2.28. The fourth-order valence-electron chi connectivity index (χ4n) is 1.65. The van der Waals surface area contributed by atoms with Crippen molar-refractivity contribution in [1.82, 2.24) is 9.97 Å². The van der Waals surface area contributed by atoms with Gasteiger partial charge < -0.3 is 4.90 Å². The second kappa shape index (κ2) is 4.40. The van der Waals surface area contributed by atoms with Crippen LogP contribution in [-0.4, -0.2) is 24.1 Å². The Balaban J connectivity index is 3.28. The van der Waals surface area contributed by atoms with Gasteiger partial charge in [-0.15, -0.1) is 0 Å². The van der Waals surface area contributed by atoms with Crippen LogP contribution in [0.4, 0.5) is 5.82 Å². The van der Waals surface area contributed by atoms with Crippen LogP contribution in [0.5, 0.6) is 0 Å². The summed E-state index contributed by atoms with van der Waals surface area (Å²) in [5.74, 6) is 1.52. The summed E-state index contributed by atoms with van der Waals surface area (Å²) in [6.07, 6.45) is 2.62. The normalized spacial score (nSPS) is 10.7. The number of hydrogen-bond donors (Lipinski definition) is 0. The van der Waals surface area contributed by atoms with Crippen molar-refractivity contribution in [1.29, 1.82) is 0 Å². The molecule has 0 saturated heterocycles. The topological polar surface area (TPSA) is 29.0 Å². The van der Waals surface area contributed by atoms with E-state index in [-0.39, 0.29) is 0 Å². The molecular formula is C11H19N3. The van der Waals surface area contributed by atoms with Gasteiger partial charge in [0.1, 0.15) is 12.1 Å². The highest BCUT2D eigenvalue weighted by atomic mass is 15.1. The molecule has 0 radical (unpaired) electrons. The molecule has 3 heteroatoms. The largest absolute Gasteiger partial charge is 0.362 e. The average Bonchev–Trinajstić information content (AvgIpc) is 2.16. The standard InChI is InChI=1S/C11H19N3/c1-6-9-10(8(2)3)11(14(4)5)13-7-12-9/h7-8H,6H2,1-5H3. The van der Waals surface area contributed by atoms with Crippen molar-refractivity contribution in [2.45, 2.75) is 33.1 Å². The number of hydrogen-bond acceptors (Lipinski definition) is 3. The van der Waals surface area contributed by atoms with Crippen LogP contribution in [0.25, 0.3) is 0 Å². The molecule has 1 aromatic heterocycles. The Bertz CT molecular complexity index is 305. The Kier molecular flexibility index (Phi) is 3.44. The van der Waals surface area contributed by atoms with Gasteiger partial charge in [0.25, 0.3) is 0 Å². The molecule has 0 N–H and O–H groups in total. The zero-order valence-corrected chi connectivity index (χ0v) is 9.70. The van der Waals surface area contributed by atoms with E-state index in [4.69, 9.17) is 0 Å². The zero-order chi connectivity index (χ0) is 10.7. The number of anilines is 1. The van der Waals surface area contributed by atoms with E-state index in [1.807, 2.05) is 14.1 Å². The van der Waals surface area contributed by atoms with Crippen molar-refractivity contribution in [3.05, 3.63) is 17.6 Å². The van der Waals surface area contributed by atoms with Crippen molar-refractivity contribution in [2.24, 2.45) is 0 Å². The summed E-state index contributed by atoms with van der Waals surface area (Å²) in [6, 6.07) is 0. The molecule has 0 aliphatic rings. The van der Waals surface area contributed by atoms with Crippen LogP contribution >= 0.6 is 0 Å². The predicted molar refractivity (Wildman–Crippen MR) is 59.8 cm³/mol. The molecule has 78 valence electrons. The predicted octanol–water partition coefficient (Wildman–Crippen LogP) is 2.23. The Morgan fingerprint density at radius 3 is 2.36 bits per heavy atom. The van der Waals surface area contributed by atoms with E-state index in [0.717, 1.165) is 12.2 Å². The van der Waals surface area contributed by atoms with E-state index in [1.165, 1.54) is 11.3 Å². The lowest BCUT2D eigenvalue weighted by atomic mass is 10.0. The number of rotatable bonds is 3. The molecule has 0 bridgehead atoms. The maximum absolute atomic E-state index is 4.32. The summed E-state index contributed by atoms with van der Waals surface area (Å²) >= 11 is 0. The van der Waals surface area contributed by atoms with Crippen molar-refractivity contribution >= 4 is 5.82 Å². The third-order valence-corrected chi connectivity index (χ3v) is 2.28. The average molecular weight is 193 g/mol. The van der Waals surface area contributed by atoms with Gasteiger partial charge in [-0.25, -0.2) is 9.97 Å². The van der Waals surface area contributed by atoms with Crippen LogP contribution in [0.1, 0.15) is 37.9 Å². The summed E-state index contributed by atoms with van der Waals surface area (Å²) in [4.78, 5) is 10.7. The summed E-state index contributed by atoms with van der Waals surface area (Å²) in [7, 11) is 4.04. The fraction of sp³-hybridized carbons (Fsp3) is 0.636. The first-order valence-electron chi connectivity index (χ1n) is 5.09. The highest BCUT2D eigenvalue weighted by Crippen LogP contribution is 2.26. The lowest BCUT2D eigenvalue weighted by molar-refractivity contribution is 0.800. The third kappa shape index (κ3) is 2.03. The van der Waals surface area contributed by atoms with Crippen LogP contribution in [-0.2, 0) is 6.42 Å². The molecule has 14 heavy (non-hydrogen) atoms. The molecule has 0 aromatic carbocycles. The van der Waals surface area contributed by atoms with E-state index in [9.17, 15) is 0 Å². The van der Waals surface area contributed by atoms with Gasteiger partial charge in [0.15, 0.2) is 0 Å². The van der Waals surface area contributed by atoms with Crippen LogP contribution in [0.2, 0.25) is 0 Å². The van der Waals surface area contributed by atoms with Gasteiger partial charge in [-0.3, -0.25) is 0 Å². The van der Waals surface area contributed by atoms with Gasteiger partial charge in [-0.05, 0) is 12.3 Å². The Hall–Kier alpha value is -1.12. The molecule has 0 amide bonds. The minimum absolute atomic E-state index is 0.476. The molecule has 0 unspecified atom stereocenters. The van der Waals surface area contributed by atoms with Crippen molar-refractivity contribution in [2.75, 3.05) is 19.0 Å². The van der Waals surface area contributed by atoms with Crippen LogP contribution < -0.4 is 4.90 Å². The highest BCUT2D eigenvalue weighted by molar-refractivity contribution is 5.49. The van der Waals surface area contributed by atoms with Crippen LogP contribution in [0.3, 0.4) is 0 Å². The Labute approximate surface area is 86.2 Å². The van der Waals surface area contributed by atoms with Gasteiger partial charge >= 0.3 is 0 Å². The van der Waals surface area contributed by atoms with E-state index in [2.05, 4.69) is 35.6 Å². The lowest BCUT2D eigenvalue weighted by Crippen LogP contribution is -2.16. The molecule has 0 aliphatic heterocycles. The second-order valence-corrected chi connectivity index (χ2v) is 3.96. The number of aryl methyl sites for hydroxylation is 1. The molecular weight excluding hydrogens is 174 g/mol. The zero-order valence-electron chi connectivity index (χ0n) is 9.70. The first-order valence-corrected chi connectivity index (χ1v) is 5.09. The summed E-state index contributed by atoms with van der Waals surface area (Å²) in [5, 5.41) is 0. The molecule has 0 spiro atoms. The number of nitrogens with zero attached hydrogens (tertiary/aromatic N) is 3. The summed E-state index contributed by atoms with van der Waals surface area (Å²) in [5.41, 5.74) is 2.44. The quantitative estimate of drug-likeness (QED) is 0.737. The highest BCUT2D eigenvalue weighted by Gasteiger charge is 2.14. The van der Waals surface area contributed by atoms with Gasteiger partial charge in [0.05, 0.1) is 0 Å². The Morgan fingerprint density at radius 2 is 1.93 bits per heavy atom. The summed E-state index contributed by atoms with van der Waals surface area (Å²) < 4.78 is 0. The van der Waals surface area contributed by atoms with Crippen molar-refractivity contribution < 1.29 is 0 Å². The molecule has 1 heterocycles. The molecule has 3 nitrogen and oxygen atoms in total. The first kappa shape index (κ1) is 11.0. The minimum atomic E-state index is 0.476. The first-order chi connectivity index (χ1) is 6.57. The fourth-order valence-corrected chi connectivity index (χ4v) is 1.65. The van der Waals surface area contributed by atoms with Crippen molar-refractivity contribution in [3.63, 3.8) is 0 Å². The number of aromatic nitrogens is 2. The van der Waals surface area contributed by atoms with E-state index in [0.29, 0.717) is 5.92 Å². The van der Waals surface area contributed by atoms with E-state index >= 15 is 0 Å². The monoisotopic (exact) mass is 193 g/mol. The molecule has 1 rings (SSSR count). The van der Waals surface area contributed by atoms with Gasteiger partial charge in [-0.2, -0.15) is 0 Å². The smallest absolute Gasteiger partial charge is 0.135 e. The van der Waals surface area contributed by atoms with E-state index < -0.39 is 0 Å². The Morgan fingerprint density at radius 1 is 1.29 bits per heavy atom. The van der Waals surface area contributed by atoms with E-state index in [1.54, 1.807) is 6.33 Å². The lowest BCUT2D eigenvalue weighted by Gasteiger charge is -2.20. The molecule has 0 saturated carbocycles. The maximum Gasteiger partial charge on any atom is 0.135 e. The molecule has 1 aromatic rings. The SMILES string of the molecule is CCc1ncnc(N(C)C)c1C(C)C. The van der Waals surface area contributed by atoms with Gasteiger partial charge in [0, 0.05) is 25.4 Å². The minimum Gasteiger partial charge on any atom is -0.362 e. The maximum atomic E-state index is 4.32. The van der Waals surface area contributed by atoms with Crippen LogP contribution in [0, 0.1) is 0 Å². The van der Waals surface area contributed by atoms with Crippen LogP contribution in [0.15, 0.2) is 6.33 Å². The second-order valence-electron chi connectivity index (χ2n) is 3.96. The van der Waals surface area contributed by atoms with Gasteiger partial charge in [-0.1, -0.05) is 20.8 Å². The molecule has 0 fully saturated rings. The molecule has 0 aliphatic carbocycles. The molecule has 0 atom stereocenters. The summed E-state index contributed by atoms with van der Waals surface area (Å²) in [6.45, 7) is 6.50. The van der Waals surface area contributed by atoms with Gasteiger partial charge in [0.2, 0.25) is 0 Å².